The molecule has 0 saturated carbocycles. The van der Waals surface area contributed by atoms with Gasteiger partial charge < -0.3 is 10.1 Å². The van der Waals surface area contributed by atoms with E-state index in [0.717, 1.165) is 28.2 Å². The summed E-state index contributed by atoms with van der Waals surface area (Å²) >= 11 is 0. The number of nitrogens with zero attached hydrogens (tertiary/aromatic N) is 2. The van der Waals surface area contributed by atoms with Crippen molar-refractivity contribution in [1.82, 2.24) is 9.78 Å². The van der Waals surface area contributed by atoms with Gasteiger partial charge in [-0.05, 0) is 46.2 Å². The van der Waals surface area contributed by atoms with Crippen LogP contribution in [0.3, 0.4) is 0 Å². The first kappa shape index (κ1) is 15.7. The Kier molecular flexibility index (Phi) is 3.56. The van der Waals surface area contributed by atoms with Crippen molar-refractivity contribution in [2.75, 3.05) is 5.32 Å². The van der Waals surface area contributed by atoms with Gasteiger partial charge in [0.05, 0.1) is 23.0 Å². The van der Waals surface area contributed by atoms with E-state index in [1.165, 1.54) is 0 Å². The van der Waals surface area contributed by atoms with Crippen LogP contribution >= 0.6 is 0 Å². The van der Waals surface area contributed by atoms with E-state index in [-0.39, 0.29) is 17.6 Å². The molecule has 5 nitrogen and oxygen atoms in total. The largest absolute Gasteiger partial charge is 0.363 e. The smallest absolute Gasteiger partial charge is 0.259 e. The summed E-state index contributed by atoms with van der Waals surface area (Å²) in [5.41, 5.74) is 4.89. The number of rotatable bonds is 2. The number of aromatic nitrogens is 2. The summed E-state index contributed by atoms with van der Waals surface area (Å²) in [5, 5.41) is 7.36. The van der Waals surface area contributed by atoms with Crippen molar-refractivity contribution in [2.45, 2.75) is 46.3 Å². The van der Waals surface area contributed by atoms with Gasteiger partial charge in [0.2, 0.25) is 0 Å². The lowest BCUT2D eigenvalue weighted by Crippen LogP contribution is -2.16. The van der Waals surface area contributed by atoms with Gasteiger partial charge in [-0.15, -0.1) is 0 Å². The highest BCUT2D eigenvalue weighted by atomic mass is 16.5. The van der Waals surface area contributed by atoms with Gasteiger partial charge in [0.25, 0.3) is 5.91 Å². The van der Waals surface area contributed by atoms with Crippen LogP contribution in [-0.4, -0.2) is 15.7 Å². The fourth-order valence-electron chi connectivity index (χ4n) is 3.49. The molecule has 1 amide bonds. The number of ether oxygens (including phenoxy) is 1. The van der Waals surface area contributed by atoms with Crippen LogP contribution in [0.25, 0.3) is 0 Å². The van der Waals surface area contributed by atoms with Crippen molar-refractivity contribution < 1.29 is 9.53 Å². The van der Waals surface area contributed by atoms with E-state index in [9.17, 15) is 4.79 Å². The molecule has 3 rings (SSSR count). The summed E-state index contributed by atoms with van der Waals surface area (Å²) in [4.78, 5) is 12.7. The summed E-state index contributed by atoms with van der Waals surface area (Å²) < 4.78 is 7.76. The predicted octanol–water partition coefficient (Wildman–Crippen LogP) is 3.62. The van der Waals surface area contributed by atoms with Gasteiger partial charge >= 0.3 is 0 Å². The monoisotopic (exact) mass is 313 g/mol. The van der Waals surface area contributed by atoms with Crippen LogP contribution < -0.4 is 5.32 Å². The zero-order valence-electron chi connectivity index (χ0n) is 14.5. The van der Waals surface area contributed by atoms with Gasteiger partial charge in [-0.25, -0.2) is 0 Å². The molecule has 1 N–H and O–H groups in total. The van der Waals surface area contributed by atoms with Crippen LogP contribution in [0.2, 0.25) is 0 Å². The number of nitrogens with one attached hydrogen (secondary N) is 1. The molecule has 0 radical (unpaired) electrons. The molecule has 23 heavy (non-hydrogen) atoms. The maximum absolute atomic E-state index is 12.7. The molecule has 1 aromatic carbocycles. The SMILES string of the molecule is Cc1nn(C)c(C)c1C(=O)Nc1cccc2c1C(C)OC2(C)C. The molecule has 2 aromatic rings. The molecule has 122 valence electrons. The molecule has 0 saturated heterocycles. The van der Waals surface area contributed by atoms with E-state index in [2.05, 4.69) is 30.3 Å². The number of hydrogen-bond donors (Lipinski definition) is 1. The van der Waals surface area contributed by atoms with Crippen LogP contribution in [0.4, 0.5) is 5.69 Å². The minimum atomic E-state index is -0.338. The van der Waals surface area contributed by atoms with E-state index in [1.54, 1.807) is 4.68 Å². The molecule has 0 bridgehead atoms. The zero-order valence-corrected chi connectivity index (χ0v) is 14.5. The number of fused-ring (bicyclic) bond motifs is 1. The molecule has 5 heteroatoms. The van der Waals surface area contributed by atoms with Crippen LogP contribution in [0.1, 0.15) is 59.7 Å². The van der Waals surface area contributed by atoms with Gasteiger partial charge in [-0.3, -0.25) is 9.48 Å². The lowest BCUT2D eigenvalue weighted by molar-refractivity contribution is -0.0433. The maximum Gasteiger partial charge on any atom is 0.259 e. The second kappa shape index (κ2) is 5.20. The highest BCUT2D eigenvalue weighted by molar-refractivity contribution is 6.06. The fourth-order valence-corrected chi connectivity index (χ4v) is 3.49. The lowest BCUT2D eigenvalue weighted by atomic mass is 9.93. The summed E-state index contributed by atoms with van der Waals surface area (Å²) in [5.74, 6) is -0.126. The normalized spacial score (nSPS) is 18.8. The van der Waals surface area contributed by atoms with Crippen molar-refractivity contribution in [3.63, 3.8) is 0 Å². The topological polar surface area (TPSA) is 56.2 Å². The second-order valence-corrected chi connectivity index (χ2v) is 6.66. The summed E-state index contributed by atoms with van der Waals surface area (Å²) in [6, 6.07) is 5.95. The van der Waals surface area contributed by atoms with Gasteiger partial charge in [0, 0.05) is 24.0 Å². The van der Waals surface area contributed by atoms with Crippen molar-refractivity contribution >= 4 is 11.6 Å². The Morgan fingerprint density at radius 1 is 1.35 bits per heavy atom. The number of benzene rings is 1. The van der Waals surface area contributed by atoms with Crippen LogP contribution in [-0.2, 0) is 17.4 Å². The Labute approximate surface area is 136 Å². The lowest BCUT2D eigenvalue weighted by Gasteiger charge is -2.19. The minimum absolute atomic E-state index is 0.0485. The van der Waals surface area contributed by atoms with Crippen molar-refractivity contribution in [2.24, 2.45) is 7.05 Å². The predicted molar refractivity (Wildman–Crippen MR) is 89.6 cm³/mol. The third-order valence-corrected chi connectivity index (χ3v) is 4.62. The number of hydrogen-bond acceptors (Lipinski definition) is 3. The van der Waals surface area contributed by atoms with E-state index in [4.69, 9.17) is 4.74 Å². The van der Waals surface area contributed by atoms with Crippen LogP contribution in [0.15, 0.2) is 18.2 Å². The third-order valence-electron chi connectivity index (χ3n) is 4.62. The second-order valence-electron chi connectivity index (χ2n) is 6.66. The molecule has 0 aliphatic carbocycles. The Morgan fingerprint density at radius 2 is 2.04 bits per heavy atom. The Bertz CT molecular complexity index is 790. The quantitative estimate of drug-likeness (QED) is 0.921. The maximum atomic E-state index is 12.7. The number of anilines is 1. The molecular formula is C18H23N3O2. The third kappa shape index (κ3) is 2.45. The molecule has 1 atom stereocenters. The van der Waals surface area contributed by atoms with E-state index >= 15 is 0 Å². The van der Waals surface area contributed by atoms with Crippen LogP contribution in [0.5, 0.6) is 0 Å². The van der Waals surface area contributed by atoms with Gasteiger partial charge in [-0.2, -0.15) is 5.10 Å². The molecule has 0 spiro atoms. The Balaban J connectivity index is 1.99. The summed E-state index contributed by atoms with van der Waals surface area (Å²) in [6.45, 7) is 9.88. The highest BCUT2D eigenvalue weighted by Gasteiger charge is 2.37. The molecular weight excluding hydrogens is 290 g/mol. The molecule has 2 heterocycles. The molecule has 1 aliphatic heterocycles. The van der Waals surface area contributed by atoms with Gasteiger partial charge in [0.1, 0.15) is 0 Å². The summed E-state index contributed by atoms with van der Waals surface area (Å²) in [6.07, 6.45) is -0.0485. The van der Waals surface area contributed by atoms with E-state index in [1.807, 2.05) is 40.0 Å². The molecule has 1 unspecified atom stereocenters. The first-order chi connectivity index (χ1) is 10.7. The number of carbonyl (C=O) groups is 1. The highest BCUT2D eigenvalue weighted by Crippen LogP contribution is 2.46. The Morgan fingerprint density at radius 3 is 2.65 bits per heavy atom. The first-order valence-corrected chi connectivity index (χ1v) is 7.85. The standard InChI is InChI=1S/C18H23N3O2/c1-10-15(11(2)21(6)20-10)17(22)19-14-9-7-8-13-16(14)12(3)23-18(13,4)5/h7-9,12H,1-6H3,(H,19,22). The van der Waals surface area contributed by atoms with E-state index < -0.39 is 0 Å². The Hall–Kier alpha value is -2.14. The van der Waals surface area contributed by atoms with Crippen molar-refractivity contribution in [3.8, 4) is 0 Å². The van der Waals surface area contributed by atoms with E-state index in [0.29, 0.717) is 5.56 Å². The zero-order chi connectivity index (χ0) is 16.9. The number of amides is 1. The average Bonchev–Trinajstić information content (AvgIpc) is 2.84. The van der Waals surface area contributed by atoms with Crippen LogP contribution in [0, 0.1) is 13.8 Å². The molecule has 1 aromatic heterocycles. The van der Waals surface area contributed by atoms with Crippen molar-refractivity contribution in [3.05, 3.63) is 46.3 Å². The van der Waals surface area contributed by atoms with Gasteiger partial charge in [0.15, 0.2) is 0 Å². The minimum Gasteiger partial charge on any atom is -0.363 e. The van der Waals surface area contributed by atoms with Crippen molar-refractivity contribution in [1.29, 1.82) is 0 Å². The number of aryl methyl sites for hydroxylation is 2. The fraction of sp³-hybridized carbons (Fsp3) is 0.444. The average molecular weight is 313 g/mol. The summed E-state index contributed by atoms with van der Waals surface area (Å²) in [7, 11) is 1.85. The van der Waals surface area contributed by atoms with Gasteiger partial charge in [-0.1, -0.05) is 12.1 Å². The molecule has 1 aliphatic rings. The molecule has 0 fully saturated rings. The number of carbonyl (C=O) groups excluding carboxylic acids is 1. The first-order valence-electron chi connectivity index (χ1n) is 7.85.